The van der Waals surface area contributed by atoms with Gasteiger partial charge in [-0.15, -0.1) is 11.3 Å². The van der Waals surface area contributed by atoms with Gasteiger partial charge < -0.3 is 10.1 Å². The molecule has 2 unspecified atom stereocenters. The van der Waals surface area contributed by atoms with E-state index in [1.807, 2.05) is 18.4 Å². The normalized spacial score (nSPS) is 25.1. The molecule has 1 aliphatic rings. The van der Waals surface area contributed by atoms with Gasteiger partial charge in [0.25, 0.3) is 0 Å². The fourth-order valence-corrected chi connectivity index (χ4v) is 3.96. The van der Waals surface area contributed by atoms with Crippen molar-refractivity contribution in [3.8, 4) is 0 Å². The van der Waals surface area contributed by atoms with E-state index in [0.717, 1.165) is 13.0 Å². The minimum atomic E-state index is 0.416. The first-order chi connectivity index (χ1) is 8.29. The van der Waals surface area contributed by atoms with Crippen molar-refractivity contribution in [2.75, 3.05) is 13.7 Å². The van der Waals surface area contributed by atoms with Crippen LogP contribution in [0.15, 0.2) is 15.9 Å². The van der Waals surface area contributed by atoms with Gasteiger partial charge in [0.05, 0.1) is 9.89 Å². The van der Waals surface area contributed by atoms with E-state index < -0.39 is 0 Å². The van der Waals surface area contributed by atoms with Crippen LogP contribution in [-0.2, 0) is 11.2 Å². The van der Waals surface area contributed by atoms with Crippen molar-refractivity contribution >= 4 is 27.3 Å². The summed E-state index contributed by atoms with van der Waals surface area (Å²) < 4.78 is 6.77. The van der Waals surface area contributed by atoms with Gasteiger partial charge in [-0.05, 0) is 47.3 Å². The zero-order valence-electron chi connectivity index (χ0n) is 10.2. The minimum Gasteiger partial charge on any atom is -0.380 e. The Bertz CT molecular complexity index is 342. The highest BCUT2D eigenvalue weighted by Crippen LogP contribution is 2.23. The van der Waals surface area contributed by atoms with Gasteiger partial charge in [0.15, 0.2) is 0 Å². The monoisotopic (exact) mass is 317 g/mol. The summed E-state index contributed by atoms with van der Waals surface area (Å²) in [4.78, 5) is 1.44. The van der Waals surface area contributed by atoms with Crippen molar-refractivity contribution in [1.29, 1.82) is 0 Å². The van der Waals surface area contributed by atoms with Gasteiger partial charge in [-0.1, -0.05) is 12.8 Å². The molecule has 4 heteroatoms. The van der Waals surface area contributed by atoms with Crippen molar-refractivity contribution in [1.82, 2.24) is 5.32 Å². The Morgan fingerprint density at radius 2 is 2.24 bits per heavy atom. The van der Waals surface area contributed by atoms with Gasteiger partial charge in [-0.3, -0.25) is 0 Å². The quantitative estimate of drug-likeness (QED) is 0.896. The summed E-state index contributed by atoms with van der Waals surface area (Å²) in [6.07, 6.45) is 6.64. The molecular formula is C13H20BrNOS. The van der Waals surface area contributed by atoms with Gasteiger partial charge in [-0.25, -0.2) is 0 Å². The maximum Gasteiger partial charge on any atom is 0.0724 e. The van der Waals surface area contributed by atoms with E-state index in [1.165, 1.54) is 34.3 Å². The molecule has 96 valence electrons. The third-order valence-corrected chi connectivity index (χ3v) is 5.10. The fraction of sp³-hybridized carbons (Fsp3) is 0.692. The Morgan fingerprint density at radius 1 is 1.41 bits per heavy atom. The molecule has 1 N–H and O–H groups in total. The number of rotatable bonds is 5. The van der Waals surface area contributed by atoms with Crippen LogP contribution in [0.3, 0.4) is 0 Å². The van der Waals surface area contributed by atoms with Crippen LogP contribution in [0.5, 0.6) is 0 Å². The number of hydrogen-bond donors (Lipinski definition) is 1. The molecule has 0 aromatic carbocycles. The van der Waals surface area contributed by atoms with Crippen molar-refractivity contribution in [3.63, 3.8) is 0 Å². The van der Waals surface area contributed by atoms with E-state index in [9.17, 15) is 0 Å². The van der Waals surface area contributed by atoms with Gasteiger partial charge in [-0.2, -0.15) is 0 Å². The van der Waals surface area contributed by atoms with Crippen LogP contribution in [0.2, 0.25) is 0 Å². The molecule has 1 aromatic rings. The number of methoxy groups -OCH3 is 1. The highest BCUT2D eigenvalue weighted by atomic mass is 79.9. The Labute approximate surface area is 116 Å². The minimum absolute atomic E-state index is 0.416. The molecular weight excluding hydrogens is 298 g/mol. The Morgan fingerprint density at radius 3 is 2.94 bits per heavy atom. The highest BCUT2D eigenvalue weighted by molar-refractivity contribution is 9.11. The molecule has 0 radical (unpaired) electrons. The predicted molar refractivity (Wildman–Crippen MR) is 76.8 cm³/mol. The first-order valence-electron chi connectivity index (χ1n) is 6.30. The van der Waals surface area contributed by atoms with E-state index >= 15 is 0 Å². The number of hydrogen-bond acceptors (Lipinski definition) is 3. The van der Waals surface area contributed by atoms with Gasteiger partial charge in [0.1, 0.15) is 0 Å². The summed E-state index contributed by atoms with van der Waals surface area (Å²) in [5.74, 6) is 0. The van der Waals surface area contributed by atoms with Crippen LogP contribution >= 0.6 is 27.3 Å². The number of nitrogens with one attached hydrogen (secondary N) is 1. The van der Waals surface area contributed by atoms with E-state index in [4.69, 9.17) is 4.74 Å². The van der Waals surface area contributed by atoms with Crippen LogP contribution in [0, 0.1) is 0 Å². The zero-order valence-corrected chi connectivity index (χ0v) is 12.6. The van der Waals surface area contributed by atoms with Crippen LogP contribution in [0.4, 0.5) is 0 Å². The smallest absolute Gasteiger partial charge is 0.0724 e. The topological polar surface area (TPSA) is 21.3 Å². The molecule has 0 amide bonds. The standard InChI is InChI=1S/C13H20BrNOS/c1-16-12-5-3-2-4-11(12)15-9-8-10-6-7-13(14)17-10/h6-7,11-12,15H,2-5,8-9H2,1H3. The molecule has 0 aliphatic heterocycles. The second kappa shape index (κ2) is 6.88. The van der Waals surface area contributed by atoms with E-state index in [-0.39, 0.29) is 0 Å². The second-order valence-electron chi connectivity index (χ2n) is 4.58. The fourth-order valence-electron chi connectivity index (χ4n) is 2.48. The third-order valence-electron chi connectivity index (χ3n) is 3.41. The molecule has 17 heavy (non-hydrogen) atoms. The van der Waals surface area contributed by atoms with Crippen LogP contribution in [0.1, 0.15) is 30.6 Å². The van der Waals surface area contributed by atoms with Gasteiger partial charge in [0.2, 0.25) is 0 Å². The van der Waals surface area contributed by atoms with Crippen LogP contribution in [0.25, 0.3) is 0 Å². The van der Waals surface area contributed by atoms with Crippen molar-refractivity contribution < 1.29 is 4.74 Å². The number of ether oxygens (including phenoxy) is 1. The molecule has 0 saturated heterocycles. The maximum absolute atomic E-state index is 5.54. The Kier molecular flexibility index (Phi) is 5.48. The first-order valence-corrected chi connectivity index (χ1v) is 7.91. The molecule has 2 atom stereocenters. The molecule has 0 spiro atoms. The molecule has 1 heterocycles. The predicted octanol–water partition coefficient (Wildman–Crippen LogP) is 3.60. The van der Waals surface area contributed by atoms with Crippen molar-refractivity contribution in [2.45, 2.75) is 44.2 Å². The summed E-state index contributed by atoms with van der Waals surface area (Å²) in [7, 11) is 1.83. The average molecular weight is 318 g/mol. The average Bonchev–Trinajstić information content (AvgIpc) is 2.76. The van der Waals surface area contributed by atoms with Crippen LogP contribution < -0.4 is 5.32 Å². The molecule has 2 nitrogen and oxygen atoms in total. The van der Waals surface area contributed by atoms with Crippen molar-refractivity contribution in [2.24, 2.45) is 0 Å². The summed E-state index contributed by atoms with van der Waals surface area (Å²) in [5.41, 5.74) is 0. The van der Waals surface area contributed by atoms with E-state index in [0.29, 0.717) is 12.1 Å². The molecule has 1 fully saturated rings. The molecule has 0 bridgehead atoms. The van der Waals surface area contributed by atoms with E-state index in [2.05, 4.69) is 33.4 Å². The lowest BCUT2D eigenvalue weighted by Crippen LogP contribution is -2.43. The summed E-state index contributed by atoms with van der Waals surface area (Å²) >= 11 is 5.33. The lowest BCUT2D eigenvalue weighted by atomic mass is 9.92. The Balaban J connectivity index is 1.73. The molecule has 1 aliphatic carbocycles. The SMILES string of the molecule is COC1CCCCC1NCCc1ccc(Br)s1. The zero-order chi connectivity index (χ0) is 12.1. The summed E-state index contributed by atoms with van der Waals surface area (Å²) in [6, 6.07) is 4.88. The number of thiophene rings is 1. The molecule has 1 saturated carbocycles. The highest BCUT2D eigenvalue weighted by Gasteiger charge is 2.23. The van der Waals surface area contributed by atoms with Gasteiger partial charge >= 0.3 is 0 Å². The third kappa shape index (κ3) is 4.05. The first kappa shape index (κ1) is 13.5. The summed E-state index contributed by atoms with van der Waals surface area (Å²) in [5, 5.41) is 3.65. The lowest BCUT2D eigenvalue weighted by Gasteiger charge is -2.31. The molecule has 2 rings (SSSR count). The Hall–Kier alpha value is 0.1000. The second-order valence-corrected chi connectivity index (χ2v) is 7.12. The largest absolute Gasteiger partial charge is 0.380 e. The van der Waals surface area contributed by atoms with Gasteiger partial charge in [0, 0.05) is 24.6 Å². The number of halogens is 1. The van der Waals surface area contributed by atoms with E-state index in [1.54, 1.807) is 0 Å². The molecule has 1 aromatic heterocycles. The van der Waals surface area contributed by atoms with Crippen LogP contribution in [-0.4, -0.2) is 25.8 Å². The van der Waals surface area contributed by atoms with Crippen molar-refractivity contribution in [3.05, 3.63) is 20.8 Å². The maximum atomic E-state index is 5.54. The lowest BCUT2D eigenvalue weighted by molar-refractivity contribution is 0.0421. The summed E-state index contributed by atoms with van der Waals surface area (Å²) in [6.45, 7) is 1.05.